The van der Waals surface area contributed by atoms with Gasteiger partial charge in [0.25, 0.3) is 5.91 Å². The number of rotatable bonds is 5. The van der Waals surface area contributed by atoms with Crippen molar-refractivity contribution in [3.63, 3.8) is 0 Å². The van der Waals surface area contributed by atoms with Gasteiger partial charge in [-0.1, -0.05) is 6.07 Å². The van der Waals surface area contributed by atoms with Gasteiger partial charge in [0.1, 0.15) is 6.23 Å². The molecule has 4 rings (SSSR count). The number of carbonyl (C=O) groups is 1. The van der Waals surface area contributed by atoms with Gasteiger partial charge in [-0.05, 0) is 38.6 Å². The number of pyridine rings is 1. The number of hydrogen-bond acceptors (Lipinski definition) is 6. The summed E-state index contributed by atoms with van der Waals surface area (Å²) in [6.07, 6.45) is 3.68. The predicted molar refractivity (Wildman–Crippen MR) is 115 cm³/mol. The number of carbonyl (C=O) groups excluding carboxylic acids is 1. The molecule has 2 unspecified atom stereocenters. The number of ether oxygens (including phenoxy) is 1. The van der Waals surface area contributed by atoms with Crippen molar-refractivity contribution in [3.8, 4) is 0 Å². The number of nitrogens with zero attached hydrogens (tertiary/aromatic N) is 4. The van der Waals surface area contributed by atoms with Crippen molar-refractivity contribution in [2.45, 2.75) is 32.0 Å². The SMILES string of the molecule is CCOC1CC(N2CCN(C)CC2)CCN1c1cc2ncccc2cc1C(N)=O. The Morgan fingerprint density at radius 1 is 1.24 bits per heavy atom. The van der Waals surface area contributed by atoms with E-state index in [-0.39, 0.29) is 6.23 Å². The summed E-state index contributed by atoms with van der Waals surface area (Å²) in [5, 5.41) is 0.922. The summed E-state index contributed by atoms with van der Waals surface area (Å²) in [5.41, 5.74) is 7.98. The van der Waals surface area contributed by atoms with Crippen LogP contribution in [0.1, 0.15) is 30.1 Å². The molecular weight excluding hydrogens is 366 g/mol. The van der Waals surface area contributed by atoms with Gasteiger partial charge >= 0.3 is 0 Å². The maximum absolute atomic E-state index is 12.2. The molecule has 0 saturated carbocycles. The molecule has 156 valence electrons. The maximum atomic E-state index is 12.2. The number of hydrogen-bond donors (Lipinski definition) is 1. The molecule has 2 aliphatic heterocycles. The first-order chi connectivity index (χ1) is 14.1. The second-order valence-electron chi connectivity index (χ2n) is 8.05. The number of amides is 1. The Bertz CT molecular complexity index is 865. The number of fused-ring (bicyclic) bond motifs is 1. The Hall–Kier alpha value is -2.22. The Morgan fingerprint density at radius 2 is 2.03 bits per heavy atom. The average Bonchev–Trinajstić information content (AvgIpc) is 2.73. The molecule has 7 heteroatoms. The third kappa shape index (κ3) is 4.22. The summed E-state index contributed by atoms with van der Waals surface area (Å²) in [6, 6.07) is 8.18. The Kier molecular flexibility index (Phi) is 5.99. The fourth-order valence-electron chi connectivity index (χ4n) is 4.60. The first kappa shape index (κ1) is 20.1. The van der Waals surface area contributed by atoms with Gasteiger partial charge in [0.15, 0.2) is 0 Å². The lowest BCUT2D eigenvalue weighted by atomic mass is 9.98. The monoisotopic (exact) mass is 397 g/mol. The van der Waals surface area contributed by atoms with Crippen LogP contribution in [-0.4, -0.2) is 79.3 Å². The average molecular weight is 398 g/mol. The van der Waals surface area contributed by atoms with Crippen molar-refractivity contribution in [2.24, 2.45) is 5.73 Å². The van der Waals surface area contributed by atoms with Crippen LogP contribution < -0.4 is 10.6 Å². The topological polar surface area (TPSA) is 74.9 Å². The molecule has 0 spiro atoms. The van der Waals surface area contributed by atoms with Gasteiger partial charge < -0.3 is 20.3 Å². The largest absolute Gasteiger partial charge is 0.366 e. The maximum Gasteiger partial charge on any atom is 0.250 e. The van der Waals surface area contributed by atoms with E-state index in [1.807, 2.05) is 31.2 Å². The van der Waals surface area contributed by atoms with E-state index in [1.54, 1.807) is 6.20 Å². The molecule has 7 nitrogen and oxygen atoms in total. The van der Waals surface area contributed by atoms with Crippen molar-refractivity contribution in [1.29, 1.82) is 0 Å². The van der Waals surface area contributed by atoms with Gasteiger partial charge in [-0.25, -0.2) is 0 Å². The highest BCUT2D eigenvalue weighted by Crippen LogP contribution is 2.33. The third-order valence-electron chi connectivity index (χ3n) is 6.23. The van der Waals surface area contributed by atoms with Crippen LogP contribution in [-0.2, 0) is 4.74 Å². The molecule has 3 heterocycles. The van der Waals surface area contributed by atoms with Gasteiger partial charge in [-0.15, -0.1) is 0 Å². The summed E-state index contributed by atoms with van der Waals surface area (Å²) in [6.45, 7) is 7.92. The first-order valence-corrected chi connectivity index (χ1v) is 10.6. The number of nitrogens with two attached hydrogens (primary N) is 1. The van der Waals surface area contributed by atoms with E-state index >= 15 is 0 Å². The molecule has 2 aromatic rings. The van der Waals surface area contributed by atoms with Gasteiger partial charge in [-0.2, -0.15) is 0 Å². The second-order valence-corrected chi connectivity index (χ2v) is 8.05. The number of aromatic nitrogens is 1. The zero-order valence-electron chi connectivity index (χ0n) is 17.4. The molecule has 2 fully saturated rings. The van der Waals surface area contributed by atoms with E-state index in [9.17, 15) is 4.79 Å². The van der Waals surface area contributed by atoms with E-state index in [4.69, 9.17) is 10.5 Å². The minimum Gasteiger partial charge on any atom is -0.366 e. The van der Waals surface area contributed by atoms with Crippen LogP contribution in [0.5, 0.6) is 0 Å². The molecule has 0 bridgehead atoms. The lowest BCUT2D eigenvalue weighted by Gasteiger charge is -2.46. The zero-order chi connectivity index (χ0) is 20.4. The summed E-state index contributed by atoms with van der Waals surface area (Å²) in [7, 11) is 2.18. The Morgan fingerprint density at radius 3 is 2.76 bits per heavy atom. The fourth-order valence-corrected chi connectivity index (χ4v) is 4.60. The molecule has 0 aliphatic carbocycles. The Labute approximate surface area is 172 Å². The fraction of sp³-hybridized carbons (Fsp3) is 0.545. The molecule has 1 amide bonds. The standard InChI is InChI=1S/C22H31N5O2/c1-3-29-21-14-17(26-11-9-25(2)10-12-26)6-8-27(21)20-15-19-16(5-4-7-24-19)13-18(20)22(23)28/h4-5,7,13,15,17,21H,3,6,8-12,14H2,1-2H3,(H2,23,28). The molecule has 1 aromatic heterocycles. The number of piperazine rings is 1. The van der Waals surface area contributed by atoms with Crippen LogP contribution in [0.3, 0.4) is 0 Å². The van der Waals surface area contributed by atoms with Gasteiger partial charge in [0.05, 0.1) is 16.8 Å². The smallest absolute Gasteiger partial charge is 0.250 e. The molecule has 29 heavy (non-hydrogen) atoms. The molecule has 0 radical (unpaired) electrons. The summed E-state index contributed by atoms with van der Waals surface area (Å²) in [4.78, 5) is 23.9. The van der Waals surface area contributed by atoms with E-state index in [1.165, 1.54) is 0 Å². The minimum atomic E-state index is -0.415. The van der Waals surface area contributed by atoms with Crippen molar-refractivity contribution in [1.82, 2.24) is 14.8 Å². The molecule has 2 saturated heterocycles. The highest BCUT2D eigenvalue weighted by atomic mass is 16.5. The third-order valence-corrected chi connectivity index (χ3v) is 6.23. The van der Waals surface area contributed by atoms with Crippen molar-refractivity contribution >= 4 is 22.5 Å². The number of likely N-dealkylation sites (N-methyl/N-ethyl adjacent to an activating group) is 1. The van der Waals surface area contributed by atoms with Crippen LogP contribution in [0.4, 0.5) is 5.69 Å². The number of primary amides is 1. The molecule has 2 N–H and O–H groups in total. The van der Waals surface area contributed by atoms with Crippen LogP contribution in [0.15, 0.2) is 30.5 Å². The first-order valence-electron chi connectivity index (χ1n) is 10.6. The summed E-state index contributed by atoms with van der Waals surface area (Å²) >= 11 is 0. The van der Waals surface area contributed by atoms with Crippen LogP contribution in [0.2, 0.25) is 0 Å². The van der Waals surface area contributed by atoms with Gasteiger partial charge in [0, 0.05) is 63.4 Å². The second kappa shape index (κ2) is 8.65. The van der Waals surface area contributed by atoms with Crippen molar-refractivity contribution < 1.29 is 9.53 Å². The number of piperidine rings is 1. The Balaban J connectivity index is 1.62. The van der Waals surface area contributed by atoms with Crippen LogP contribution in [0.25, 0.3) is 10.9 Å². The molecule has 2 aliphatic rings. The zero-order valence-corrected chi connectivity index (χ0v) is 17.4. The highest BCUT2D eigenvalue weighted by Gasteiger charge is 2.34. The summed E-state index contributed by atoms with van der Waals surface area (Å²) in [5.74, 6) is -0.415. The summed E-state index contributed by atoms with van der Waals surface area (Å²) < 4.78 is 6.16. The lowest BCUT2D eigenvalue weighted by Crippen LogP contribution is -2.55. The van der Waals surface area contributed by atoms with Crippen LogP contribution >= 0.6 is 0 Å². The quantitative estimate of drug-likeness (QED) is 0.831. The van der Waals surface area contributed by atoms with E-state index in [0.29, 0.717) is 18.2 Å². The van der Waals surface area contributed by atoms with E-state index in [0.717, 1.165) is 62.2 Å². The van der Waals surface area contributed by atoms with Crippen molar-refractivity contribution in [2.75, 3.05) is 51.3 Å². The van der Waals surface area contributed by atoms with Gasteiger partial charge in [0.2, 0.25) is 0 Å². The normalized spacial score (nSPS) is 24.1. The predicted octanol–water partition coefficient (Wildman–Crippen LogP) is 1.91. The lowest BCUT2D eigenvalue weighted by molar-refractivity contribution is 0.00242. The van der Waals surface area contributed by atoms with Crippen molar-refractivity contribution in [3.05, 3.63) is 36.0 Å². The number of benzene rings is 1. The molecule has 2 atom stereocenters. The van der Waals surface area contributed by atoms with E-state index < -0.39 is 5.91 Å². The van der Waals surface area contributed by atoms with Crippen LogP contribution in [0, 0.1) is 0 Å². The highest BCUT2D eigenvalue weighted by molar-refractivity contribution is 6.03. The molecule has 1 aromatic carbocycles. The number of anilines is 1. The van der Waals surface area contributed by atoms with Gasteiger partial charge in [-0.3, -0.25) is 14.7 Å². The molecular formula is C22H31N5O2. The minimum absolute atomic E-state index is 0.0716. The van der Waals surface area contributed by atoms with E-state index in [2.05, 4.69) is 26.7 Å².